The number of rotatable bonds is 1. The summed E-state index contributed by atoms with van der Waals surface area (Å²) in [5.41, 5.74) is 7.76. The Labute approximate surface area is 81.6 Å². The van der Waals surface area contributed by atoms with E-state index in [4.69, 9.17) is 5.73 Å². The van der Waals surface area contributed by atoms with Gasteiger partial charge in [0.1, 0.15) is 5.69 Å². The van der Waals surface area contributed by atoms with Crippen LogP contribution in [0.3, 0.4) is 0 Å². The second-order valence-corrected chi connectivity index (χ2v) is 3.14. The van der Waals surface area contributed by atoms with Crippen LogP contribution in [0.5, 0.6) is 5.75 Å². The fourth-order valence-corrected chi connectivity index (χ4v) is 1.21. The molecule has 2 aromatic rings. The molecule has 14 heavy (non-hydrogen) atoms. The summed E-state index contributed by atoms with van der Waals surface area (Å²) in [5.74, 6) is 0.196. The lowest BCUT2D eigenvalue weighted by Gasteiger charge is -2.00. The van der Waals surface area contributed by atoms with E-state index in [1.165, 1.54) is 0 Å². The average molecular weight is 189 g/mol. The first-order valence-corrected chi connectivity index (χ1v) is 4.28. The highest BCUT2D eigenvalue weighted by Crippen LogP contribution is 2.17. The Bertz CT molecular complexity index is 425. The van der Waals surface area contributed by atoms with Gasteiger partial charge in [-0.1, -0.05) is 0 Å². The number of hydrogen-bond donors (Lipinski definition) is 2. The van der Waals surface area contributed by atoms with Crippen LogP contribution >= 0.6 is 0 Å². The maximum atomic E-state index is 9.35. The Morgan fingerprint density at radius 2 is 1.93 bits per heavy atom. The molecule has 0 aliphatic rings. The van der Waals surface area contributed by atoms with Crippen molar-refractivity contribution in [3.05, 3.63) is 36.2 Å². The monoisotopic (exact) mass is 189 g/mol. The molecule has 0 aliphatic heterocycles. The zero-order chi connectivity index (χ0) is 10.1. The predicted molar refractivity (Wildman–Crippen MR) is 54.4 cm³/mol. The molecule has 72 valence electrons. The molecular formula is C10H11N3O. The Kier molecular flexibility index (Phi) is 1.89. The highest BCUT2D eigenvalue weighted by atomic mass is 16.3. The highest BCUT2D eigenvalue weighted by Gasteiger charge is 2.03. The van der Waals surface area contributed by atoms with Crippen molar-refractivity contribution in [3.8, 4) is 11.4 Å². The molecule has 0 spiro atoms. The van der Waals surface area contributed by atoms with Gasteiger partial charge >= 0.3 is 0 Å². The van der Waals surface area contributed by atoms with E-state index in [0.29, 0.717) is 11.4 Å². The summed E-state index contributed by atoms with van der Waals surface area (Å²) in [7, 11) is 0. The fourth-order valence-electron chi connectivity index (χ4n) is 1.21. The second kappa shape index (κ2) is 3.06. The number of aromatic nitrogens is 2. The van der Waals surface area contributed by atoms with Gasteiger partial charge in [-0.25, -0.2) is 4.68 Å². The third kappa shape index (κ3) is 1.42. The molecule has 1 aromatic heterocycles. The lowest BCUT2D eigenvalue weighted by molar-refractivity contribution is 0.471. The molecule has 0 radical (unpaired) electrons. The minimum Gasteiger partial charge on any atom is -0.504 e. The number of benzene rings is 1. The standard InChI is InChI=1S/C10H11N3O/c1-7-10(14)6-13(12-7)9-4-2-8(11)3-5-9/h2-6,14H,11H2,1H3. The normalized spacial score (nSPS) is 10.4. The Balaban J connectivity index is 2.44. The van der Waals surface area contributed by atoms with Crippen molar-refractivity contribution in [1.29, 1.82) is 0 Å². The van der Waals surface area contributed by atoms with Crippen LogP contribution in [0.4, 0.5) is 5.69 Å². The summed E-state index contributed by atoms with van der Waals surface area (Å²) in [4.78, 5) is 0. The highest BCUT2D eigenvalue weighted by molar-refractivity contribution is 5.45. The lowest BCUT2D eigenvalue weighted by Crippen LogP contribution is -1.95. The topological polar surface area (TPSA) is 64.1 Å². The maximum Gasteiger partial charge on any atom is 0.156 e. The van der Waals surface area contributed by atoms with Crippen LogP contribution in [0.1, 0.15) is 5.69 Å². The van der Waals surface area contributed by atoms with Crippen LogP contribution in [0.15, 0.2) is 30.5 Å². The lowest BCUT2D eigenvalue weighted by atomic mass is 10.3. The zero-order valence-electron chi connectivity index (χ0n) is 7.81. The van der Waals surface area contributed by atoms with Crippen LogP contribution in [0.25, 0.3) is 5.69 Å². The van der Waals surface area contributed by atoms with Gasteiger partial charge in [-0.15, -0.1) is 0 Å². The number of aromatic hydroxyl groups is 1. The SMILES string of the molecule is Cc1nn(-c2ccc(N)cc2)cc1O. The first-order valence-electron chi connectivity index (χ1n) is 4.28. The number of nitrogen functional groups attached to an aromatic ring is 1. The molecule has 1 aromatic carbocycles. The van der Waals surface area contributed by atoms with E-state index in [1.807, 2.05) is 12.1 Å². The minimum absolute atomic E-state index is 0.196. The predicted octanol–water partition coefficient (Wildman–Crippen LogP) is 1.47. The molecule has 0 unspecified atom stereocenters. The van der Waals surface area contributed by atoms with Gasteiger partial charge in [0.05, 0.1) is 11.9 Å². The molecule has 4 heteroatoms. The Morgan fingerprint density at radius 1 is 1.29 bits per heavy atom. The summed E-state index contributed by atoms with van der Waals surface area (Å²) < 4.78 is 1.62. The number of anilines is 1. The van der Waals surface area contributed by atoms with Gasteiger partial charge in [-0.05, 0) is 31.2 Å². The van der Waals surface area contributed by atoms with Crippen LogP contribution in [0, 0.1) is 6.92 Å². The molecule has 1 heterocycles. The number of nitrogens with two attached hydrogens (primary N) is 1. The van der Waals surface area contributed by atoms with Crippen molar-refractivity contribution in [2.75, 3.05) is 5.73 Å². The smallest absolute Gasteiger partial charge is 0.156 e. The van der Waals surface area contributed by atoms with Gasteiger partial charge < -0.3 is 10.8 Å². The van der Waals surface area contributed by atoms with E-state index in [0.717, 1.165) is 5.69 Å². The summed E-state index contributed by atoms with van der Waals surface area (Å²) in [6.45, 7) is 1.75. The fraction of sp³-hybridized carbons (Fsp3) is 0.100. The van der Waals surface area contributed by atoms with Crippen molar-refractivity contribution in [2.24, 2.45) is 0 Å². The van der Waals surface area contributed by atoms with E-state index in [2.05, 4.69) is 5.10 Å². The molecule has 4 nitrogen and oxygen atoms in total. The molecule has 0 bridgehead atoms. The molecule has 0 amide bonds. The first kappa shape index (κ1) is 8.62. The molecule has 3 N–H and O–H groups in total. The molecule has 0 aliphatic carbocycles. The molecule has 0 saturated carbocycles. The van der Waals surface area contributed by atoms with E-state index in [9.17, 15) is 5.11 Å². The second-order valence-electron chi connectivity index (χ2n) is 3.14. The van der Waals surface area contributed by atoms with E-state index >= 15 is 0 Å². The zero-order valence-corrected chi connectivity index (χ0v) is 7.81. The van der Waals surface area contributed by atoms with E-state index in [1.54, 1.807) is 29.9 Å². The number of hydrogen-bond acceptors (Lipinski definition) is 3. The Morgan fingerprint density at radius 3 is 2.43 bits per heavy atom. The summed E-state index contributed by atoms with van der Waals surface area (Å²) in [5, 5.41) is 13.5. The van der Waals surface area contributed by atoms with Gasteiger partial charge in [0.2, 0.25) is 0 Å². The molecule has 2 rings (SSSR count). The molecular weight excluding hydrogens is 178 g/mol. The van der Waals surface area contributed by atoms with Crippen LogP contribution in [0.2, 0.25) is 0 Å². The molecule has 0 atom stereocenters. The maximum absolute atomic E-state index is 9.35. The van der Waals surface area contributed by atoms with Crippen LogP contribution < -0.4 is 5.73 Å². The molecule has 0 fully saturated rings. The van der Waals surface area contributed by atoms with E-state index in [-0.39, 0.29) is 5.75 Å². The van der Waals surface area contributed by atoms with E-state index < -0.39 is 0 Å². The summed E-state index contributed by atoms with van der Waals surface area (Å²) in [6, 6.07) is 7.29. The molecule has 0 saturated heterocycles. The van der Waals surface area contributed by atoms with Gasteiger partial charge in [0, 0.05) is 5.69 Å². The van der Waals surface area contributed by atoms with Crippen LogP contribution in [-0.4, -0.2) is 14.9 Å². The number of aryl methyl sites for hydroxylation is 1. The largest absolute Gasteiger partial charge is 0.504 e. The average Bonchev–Trinajstić information content (AvgIpc) is 2.48. The van der Waals surface area contributed by atoms with Crippen molar-refractivity contribution >= 4 is 5.69 Å². The van der Waals surface area contributed by atoms with Crippen molar-refractivity contribution in [3.63, 3.8) is 0 Å². The summed E-state index contributed by atoms with van der Waals surface area (Å²) >= 11 is 0. The Hall–Kier alpha value is -1.97. The van der Waals surface area contributed by atoms with Gasteiger partial charge in [-0.3, -0.25) is 0 Å². The summed E-state index contributed by atoms with van der Waals surface area (Å²) in [6.07, 6.45) is 1.57. The third-order valence-electron chi connectivity index (χ3n) is 2.03. The van der Waals surface area contributed by atoms with Crippen LogP contribution in [-0.2, 0) is 0 Å². The number of nitrogens with zero attached hydrogens (tertiary/aromatic N) is 2. The van der Waals surface area contributed by atoms with Crippen molar-refractivity contribution in [1.82, 2.24) is 9.78 Å². The van der Waals surface area contributed by atoms with Gasteiger partial charge in [0.25, 0.3) is 0 Å². The van der Waals surface area contributed by atoms with Gasteiger partial charge in [0.15, 0.2) is 5.75 Å². The van der Waals surface area contributed by atoms with Crippen molar-refractivity contribution < 1.29 is 5.11 Å². The third-order valence-corrected chi connectivity index (χ3v) is 2.03. The van der Waals surface area contributed by atoms with Gasteiger partial charge in [-0.2, -0.15) is 5.10 Å². The van der Waals surface area contributed by atoms with Crippen molar-refractivity contribution in [2.45, 2.75) is 6.92 Å². The first-order chi connectivity index (χ1) is 6.66. The minimum atomic E-state index is 0.196. The quantitative estimate of drug-likeness (QED) is 0.667.